The number of ether oxygens (including phenoxy) is 1. The lowest BCUT2D eigenvalue weighted by Gasteiger charge is -2.48. The maximum Gasteiger partial charge on any atom is 0.352 e. The molecule has 4 heterocycles. The predicted octanol–water partition coefficient (Wildman–Crippen LogP) is 0.252. The summed E-state index contributed by atoms with van der Waals surface area (Å²) < 4.78 is 6.70. The number of hydrogen-bond acceptors (Lipinski definition) is 9. The fourth-order valence-electron chi connectivity index (χ4n) is 3.14. The molecule has 12 heteroatoms. The van der Waals surface area contributed by atoms with E-state index in [4.69, 9.17) is 10.5 Å². The minimum absolute atomic E-state index is 0.0450. The van der Waals surface area contributed by atoms with Crippen molar-refractivity contribution in [1.29, 1.82) is 0 Å². The first kappa shape index (κ1) is 19.2. The van der Waals surface area contributed by atoms with Gasteiger partial charge in [0, 0.05) is 24.3 Å². The summed E-state index contributed by atoms with van der Waals surface area (Å²) in [6.45, 7) is 2.13. The quantitative estimate of drug-likeness (QED) is 0.379. The van der Waals surface area contributed by atoms with E-state index in [2.05, 4.69) is 15.1 Å². The molecule has 2 aromatic rings. The van der Waals surface area contributed by atoms with E-state index in [0.29, 0.717) is 28.7 Å². The monoisotopic (exact) mass is 422 g/mol. The topological polar surface area (TPSA) is 136 Å². The van der Waals surface area contributed by atoms with Crippen molar-refractivity contribution in [2.45, 2.75) is 30.0 Å². The number of aromatic nitrogens is 4. The maximum absolute atomic E-state index is 12.1. The molecule has 2 aromatic heterocycles. The fraction of sp³-hybridized carbons (Fsp3) is 0.438. The summed E-state index contributed by atoms with van der Waals surface area (Å²) in [4.78, 5) is 33.9. The lowest BCUT2D eigenvalue weighted by Crippen LogP contribution is -2.68. The van der Waals surface area contributed by atoms with E-state index in [1.165, 1.54) is 28.4 Å². The van der Waals surface area contributed by atoms with Crippen LogP contribution < -0.4 is 5.73 Å². The molecule has 148 valence electrons. The zero-order chi connectivity index (χ0) is 20.0. The summed E-state index contributed by atoms with van der Waals surface area (Å²) in [5.41, 5.74) is 7.29. The summed E-state index contributed by atoms with van der Waals surface area (Å²) in [6, 6.07) is 1.23. The molecule has 1 unspecified atom stereocenters. The van der Waals surface area contributed by atoms with Crippen LogP contribution in [0.5, 0.6) is 0 Å². The summed E-state index contributed by atoms with van der Waals surface area (Å²) in [5.74, 6) is 0.433. The third-order valence-electron chi connectivity index (χ3n) is 4.41. The molecule has 0 bridgehead atoms. The largest absolute Gasteiger partial charge is 0.477 e. The van der Waals surface area contributed by atoms with Crippen molar-refractivity contribution in [2.75, 3.05) is 18.6 Å². The van der Waals surface area contributed by atoms with Crippen LogP contribution in [-0.2, 0) is 20.9 Å². The highest BCUT2D eigenvalue weighted by molar-refractivity contribution is 8.01. The Morgan fingerprint density at radius 1 is 1.50 bits per heavy atom. The van der Waals surface area contributed by atoms with Gasteiger partial charge >= 0.3 is 5.97 Å². The lowest BCUT2D eigenvalue weighted by atomic mass is 10.0. The number of amides is 1. The van der Waals surface area contributed by atoms with Gasteiger partial charge in [-0.15, -0.1) is 28.6 Å². The van der Waals surface area contributed by atoms with Crippen LogP contribution in [0, 0.1) is 6.92 Å². The molecule has 0 spiro atoms. The molecule has 1 saturated heterocycles. The van der Waals surface area contributed by atoms with Crippen molar-refractivity contribution in [2.24, 2.45) is 5.73 Å². The Morgan fingerprint density at radius 3 is 3.00 bits per heavy atom. The summed E-state index contributed by atoms with van der Waals surface area (Å²) in [6.07, 6.45) is 0. The molecule has 1 amide bonds. The molecule has 1 fully saturated rings. The Bertz CT molecular complexity index is 1010. The molecular weight excluding hydrogens is 404 g/mol. The minimum atomic E-state index is -1.11. The number of rotatable bonds is 6. The molecule has 2 aliphatic heterocycles. The van der Waals surface area contributed by atoms with Crippen LogP contribution >= 0.6 is 23.5 Å². The van der Waals surface area contributed by atoms with Gasteiger partial charge in [0.2, 0.25) is 5.91 Å². The number of β-lactam (4-membered cyclic amide) rings is 1. The Hall–Kier alpha value is -2.15. The molecule has 2 aliphatic rings. The van der Waals surface area contributed by atoms with E-state index < -0.39 is 12.0 Å². The number of aliphatic carboxylic acids is 1. The van der Waals surface area contributed by atoms with Crippen molar-refractivity contribution in [1.82, 2.24) is 24.5 Å². The number of nitrogens with two attached hydrogens (primary N) is 1. The number of carboxylic acids is 1. The molecule has 10 nitrogen and oxygen atoms in total. The van der Waals surface area contributed by atoms with Crippen molar-refractivity contribution < 1.29 is 19.4 Å². The number of fused-ring (bicyclic) bond motifs is 2. The highest BCUT2D eigenvalue weighted by atomic mass is 32.2. The predicted molar refractivity (Wildman–Crippen MR) is 103 cm³/mol. The van der Waals surface area contributed by atoms with E-state index in [9.17, 15) is 14.7 Å². The van der Waals surface area contributed by atoms with Gasteiger partial charge in [0.1, 0.15) is 28.7 Å². The van der Waals surface area contributed by atoms with Crippen LogP contribution in [0.15, 0.2) is 22.4 Å². The molecule has 2 atom stereocenters. The van der Waals surface area contributed by atoms with Gasteiger partial charge in [-0.2, -0.15) is 9.50 Å². The third kappa shape index (κ3) is 3.15. The van der Waals surface area contributed by atoms with E-state index in [-0.39, 0.29) is 23.6 Å². The number of carboxylic acid groups (broad SMARTS) is 1. The Labute approximate surface area is 168 Å². The van der Waals surface area contributed by atoms with Crippen molar-refractivity contribution in [3.8, 4) is 0 Å². The Balaban J connectivity index is 1.63. The van der Waals surface area contributed by atoms with E-state index in [0.717, 1.165) is 10.7 Å². The lowest BCUT2D eigenvalue weighted by molar-refractivity contribution is -0.147. The summed E-state index contributed by atoms with van der Waals surface area (Å²) in [5, 5.41) is 14.5. The number of thioether (sulfide) groups is 2. The zero-order valence-electron chi connectivity index (χ0n) is 15.2. The Kier molecular flexibility index (Phi) is 5.04. The van der Waals surface area contributed by atoms with Gasteiger partial charge < -0.3 is 15.6 Å². The maximum atomic E-state index is 12.1. The van der Waals surface area contributed by atoms with Gasteiger partial charge in [0.25, 0.3) is 5.78 Å². The average molecular weight is 422 g/mol. The third-order valence-corrected chi connectivity index (χ3v) is 6.85. The van der Waals surface area contributed by atoms with Gasteiger partial charge in [0.05, 0.1) is 0 Å². The van der Waals surface area contributed by atoms with Crippen LogP contribution in [-0.4, -0.2) is 71.5 Å². The standard InChI is InChI=1S/C16H18N6O4S2/c1-7-3-10(22-16(18-7)19-9(20-22)4-26-2)27-5-8-6-28-14-11(17)13(23)21(14)12(8)15(24)25/h3,11,14H,4-6,17H2,1-2H3,(H,24,25)/t11?,14-/m0/s1. The first-order valence-corrected chi connectivity index (χ1v) is 10.4. The number of methoxy groups -OCH3 is 1. The van der Waals surface area contributed by atoms with Crippen LogP contribution in [0.25, 0.3) is 5.78 Å². The summed E-state index contributed by atoms with van der Waals surface area (Å²) in [7, 11) is 1.57. The van der Waals surface area contributed by atoms with E-state index >= 15 is 0 Å². The fourth-order valence-corrected chi connectivity index (χ4v) is 5.62. The Morgan fingerprint density at radius 2 is 2.29 bits per heavy atom. The first-order valence-electron chi connectivity index (χ1n) is 8.41. The summed E-state index contributed by atoms with van der Waals surface area (Å²) >= 11 is 2.92. The van der Waals surface area contributed by atoms with Crippen molar-refractivity contribution in [3.05, 3.63) is 28.9 Å². The van der Waals surface area contributed by atoms with Crippen LogP contribution in [0.3, 0.4) is 0 Å². The van der Waals surface area contributed by atoms with Crippen LogP contribution in [0.2, 0.25) is 0 Å². The SMILES string of the molecule is COCc1nc2nc(C)cc(SCC3=C(C(=O)O)N4C(=O)C(N)[C@@H]4SC3)n2n1. The van der Waals surface area contributed by atoms with Crippen LogP contribution in [0.4, 0.5) is 0 Å². The first-order chi connectivity index (χ1) is 13.4. The van der Waals surface area contributed by atoms with Gasteiger partial charge in [-0.1, -0.05) is 0 Å². The molecule has 0 aliphatic carbocycles. The van der Waals surface area contributed by atoms with Gasteiger partial charge in [0.15, 0.2) is 5.82 Å². The number of hydrogen-bond donors (Lipinski definition) is 2. The van der Waals surface area contributed by atoms with Gasteiger partial charge in [-0.3, -0.25) is 9.69 Å². The highest BCUT2D eigenvalue weighted by Crippen LogP contribution is 2.40. The van der Waals surface area contributed by atoms with E-state index in [1.807, 2.05) is 13.0 Å². The highest BCUT2D eigenvalue weighted by Gasteiger charge is 2.51. The number of aryl methyl sites for hydroxylation is 1. The second-order valence-corrected chi connectivity index (χ2v) is 8.49. The van der Waals surface area contributed by atoms with Crippen molar-refractivity contribution in [3.63, 3.8) is 0 Å². The second-order valence-electron chi connectivity index (χ2n) is 6.39. The zero-order valence-corrected chi connectivity index (χ0v) is 16.8. The molecule has 28 heavy (non-hydrogen) atoms. The number of nitrogens with zero attached hydrogens (tertiary/aromatic N) is 5. The van der Waals surface area contributed by atoms with Crippen LogP contribution in [0.1, 0.15) is 11.5 Å². The molecular formula is C16H18N6O4S2. The van der Waals surface area contributed by atoms with Gasteiger partial charge in [-0.25, -0.2) is 9.78 Å². The van der Waals surface area contributed by atoms with Crippen molar-refractivity contribution >= 4 is 41.2 Å². The molecule has 0 radical (unpaired) electrons. The number of carbonyl (C=O) groups excluding carboxylic acids is 1. The molecule has 0 aromatic carbocycles. The number of carbonyl (C=O) groups is 2. The molecule has 3 N–H and O–H groups in total. The minimum Gasteiger partial charge on any atom is -0.477 e. The normalized spacial score (nSPS) is 21.8. The molecule has 0 saturated carbocycles. The molecule has 4 rings (SSSR count). The van der Waals surface area contributed by atoms with E-state index in [1.54, 1.807) is 11.6 Å². The smallest absolute Gasteiger partial charge is 0.352 e. The average Bonchev–Trinajstić information content (AvgIpc) is 3.07. The second kappa shape index (κ2) is 7.35. The van der Waals surface area contributed by atoms with Gasteiger partial charge in [-0.05, 0) is 18.6 Å².